The maximum atomic E-state index is 12.7. The molecule has 0 bridgehead atoms. The maximum absolute atomic E-state index is 12.7. The molecule has 1 aliphatic heterocycles. The lowest BCUT2D eigenvalue weighted by molar-refractivity contribution is -0.118. The summed E-state index contributed by atoms with van der Waals surface area (Å²) in [4.78, 5) is 28.0. The van der Waals surface area contributed by atoms with Crippen molar-refractivity contribution in [3.05, 3.63) is 46.7 Å². The van der Waals surface area contributed by atoms with Crippen LogP contribution in [0.15, 0.2) is 41.8 Å². The van der Waals surface area contributed by atoms with Gasteiger partial charge in [-0.3, -0.25) is 9.59 Å². The van der Waals surface area contributed by atoms with Crippen molar-refractivity contribution in [3.63, 3.8) is 0 Å². The van der Waals surface area contributed by atoms with Crippen molar-refractivity contribution >= 4 is 34.5 Å². The van der Waals surface area contributed by atoms with E-state index < -0.39 is 6.04 Å². The highest BCUT2D eigenvalue weighted by molar-refractivity contribution is 7.12. The largest absolute Gasteiger partial charge is 0.372 e. The molecular weight excluding hydrogens is 358 g/mol. The van der Waals surface area contributed by atoms with Gasteiger partial charge in [-0.2, -0.15) is 0 Å². The van der Waals surface area contributed by atoms with E-state index >= 15 is 0 Å². The topological polar surface area (TPSA) is 61.4 Å². The van der Waals surface area contributed by atoms with E-state index in [0.717, 1.165) is 18.8 Å². The van der Waals surface area contributed by atoms with Crippen LogP contribution in [0.25, 0.3) is 0 Å². The normalized spacial score (nSPS) is 15.4. The van der Waals surface area contributed by atoms with Crippen LogP contribution in [0, 0.1) is 5.92 Å². The average molecular weight is 386 g/mol. The molecule has 0 spiro atoms. The zero-order chi connectivity index (χ0) is 19.2. The van der Waals surface area contributed by atoms with Crippen LogP contribution >= 0.6 is 11.3 Å². The van der Waals surface area contributed by atoms with E-state index in [-0.39, 0.29) is 17.7 Å². The Morgan fingerprint density at radius 3 is 2.33 bits per heavy atom. The number of rotatable bonds is 6. The van der Waals surface area contributed by atoms with E-state index in [4.69, 9.17) is 0 Å². The Labute approximate surface area is 164 Å². The van der Waals surface area contributed by atoms with Crippen molar-refractivity contribution in [1.29, 1.82) is 0 Å². The molecule has 5 nitrogen and oxygen atoms in total. The first-order chi connectivity index (χ1) is 13.0. The lowest BCUT2D eigenvalue weighted by atomic mass is 10.0. The molecule has 27 heavy (non-hydrogen) atoms. The number of carbonyl (C=O) groups excluding carboxylic acids is 2. The Kier molecular flexibility index (Phi) is 6.50. The molecule has 2 heterocycles. The number of benzene rings is 1. The third kappa shape index (κ3) is 5.10. The van der Waals surface area contributed by atoms with Crippen molar-refractivity contribution in [2.75, 3.05) is 23.3 Å². The van der Waals surface area contributed by atoms with E-state index in [9.17, 15) is 9.59 Å². The van der Waals surface area contributed by atoms with Gasteiger partial charge in [0.2, 0.25) is 5.91 Å². The molecule has 0 aliphatic carbocycles. The number of carbonyl (C=O) groups is 2. The van der Waals surface area contributed by atoms with Crippen molar-refractivity contribution < 1.29 is 9.59 Å². The number of hydrogen-bond acceptors (Lipinski definition) is 4. The highest BCUT2D eigenvalue weighted by Crippen LogP contribution is 2.22. The number of thiophene rings is 1. The minimum Gasteiger partial charge on any atom is -0.372 e. The molecule has 2 N–H and O–H groups in total. The SMILES string of the molecule is CC(C)C(NC(=O)c1cccs1)C(=O)Nc1ccc(N2CCCCC2)cc1. The van der Waals surface area contributed by atoms with Gasteiger partial charge in [-0.1, -0.05) is 19.9 Å². The van der Waals surface area contributed by atoms with Crippen LogP contribution in [0.1, 0.15) is 42.8 Å². The molecule has 1 atom stereocenters. The van der Waals surface area contributed by atoms with Gasteiger partial charge >= 0.3 is 0 Å². The van der Waals surface area contributed by atoms with Gasteiger partial charge < -0.3 is 15.5 Å². The van der Waals surface area contributed by atoms with Crippen LogP contribution in [0.4, 0.5) is 11.4 Å². The van der Waals surface area contributed by atoms with Gasteiger partial charge in [-0.05, 0) is 60.9 Å². The Morgan fingerprint density at radius 1 is 1.04 bits per heavy atom. The lowest BCUT2D eigenvalue weighted by Crippen LogP contribution is -2.46. The Bertz CT molecular complexity index is 750. The lowest BCUT2D eigenvalue weighted by Gasteiger charge is -2.29. The third-order valence-corrected chi connectivity index (χ3v) is 5.71. The van der Waals surface area contributed by atoms with Crippen LogP contribution in [0.3, 0.4) is 0 Å². The number of amides is 2. The van der Waals surface area contributed by atoms with Crippen molar-refractivity contribution in [3.8, 4) is 0 Å². The van der Waals surface area contributed by atoms with Crippen LogP contribution < -0.4 is 15.5 Å². The molecule has 0 radical (unpaired) electrons. The molecule has 1 saturated heterocycles. The molecule has 1 unspecified atom stereocenters. The first-order valence-electron chi connectivity index (χ1n) is 9.55. The van der Waals surface area contributed by atoms with Gasteiger partial charge in [0.1, 0.15) is 6.04 Å². The molecule has 3 rings (SSSR count). The number of piperidine rings is 1. The minimum atomic E-state index is -0.582. The smallest absolute Gasteiger partial charge is 0.262 e. The predicted molar refractivity (Wildman–Crippen MR) is 112 cm³/mol. The fraction of sp³-hybridized carbons (Fsp3) is 0.429. The van der Waals surface area contributed by atoms with Crippen LogP contribution in [-0.4, -0.2) is 30.9 Å². The summed E-state index contributed by atoms with van der Waals surface area (Å²) in [6.45, 7) is 6.04. The summed E-state index contributed by atoms with van der Waals surface area (Å²) in [6.07, 6.45) is 3.77. The highest BCUT2D eigenvalue weighted by atomic mass is 32.1. The summed E-state index contributed by atoms with van der Waals surface area (Å²) < 4.78 is 0. The molecule has 0 saturated carbocycles. The van der Waals surface area contributed by atoms with Crippen LogP contribution in [-0.2, 0) is 4.79 Å². The number of nitrogens with one attached hydrogen (secondary N) is 2. The standard InChI is InChI=1S/C21H27N3O2S/c1-15(2)19(23-20(25)18-7-6-14-27-18)21(26)22-16-8-10-17(11-9-16)24-12-4-3-5-13-24/h6-11,14-15,19H,3-5,12-13H2,1-2H3,(H,22,26)(H,23,25). The highest BCUT2D eigenvalue weighted by Gasteiger charge is 2.25. The summed E-state index contributed by atoms with van der Waals surface area (Å²) >= 11 is 1.37. The monoisotopic (exact) mass is 385 g/mol. The van der Waals surface area contributed by atoms with Gasteiger partial charge in [-0.15, -0.1) is 11.3 Å². The molecule has 2 amide bonds. The minimum absolute atomic E-state index is 0.0125. The first-order valence-corrected chi connectivity index (χ1v) is 10.4. The molecular formula is C21H27N3O2S. The van der Waals surface area contributed by atoms with E-state index in [1.165, 1.54) is 36.3 Å². The molecule has 144 valence electrons. The summed E-state index contributed by atoms with van der Waals surface area (Å²) in [5.41, 5.74) is 1.94. The Morgan fingerprint density at radius 2 is 1.74 bits per heavy atom. The molecule has 1 aromatic heterocycles. The summed E-state index contributed by atoms with van der Waals surface area (Å²) in [6, 6.07) is 11.0. The Hall–Kier alpha value is -2.34. The molecule has 2 aromatic rings. The van der Waals surface area contributed by atoms with Gasteiger partial charge in [-0.25, -0.2) is 0 Å². The number of nitrogens with zero attached hydrogens (tertiary/aromatic N) is 1. The average Bonchev–Trinajstić information content (AvgIpc) is 3.22. The second kappa shape index (κ2) is 9.04. The van der Waals surface area contributed by atoms with Gasteiger partial charge in [0, 0.05) is 24.5 Å². The number of hydrogen-bond donors (Lipinski definition) is 2. The number of anilines is 2. The second-order valence-electron chi connectivity index (χ2n) is 7.26. The molecule has 6 heteroatoms. The quantitative estimate of drug-likeness (QED) is 0.786. The van der Waals surface area contributed by atoms with E-state index in [1.54, 1.807) is 6.07 Å². The zero-order valence-electron chi connectivity index (χ0n) is 15.9. The molecule has 1 aromatic carbocycles. The van der Waals surface area contributed by atoms with Crippen molar-refractivity contribution in [1.82, 2.24) is 5.32 Å². The van der Waals surface area contributed by atoms with Crippen LogP contribution in [0.5, 0.6) is 0 Å². The van der Waals surface area contributed by atoms with Crippen LogP contribution in [0.2, 0.25) is 0 Å². The van der Waals surface area contributed by atoms with E-state index in [0.29, 0.717) is 4.88 Å². The van der Waals surface area contributed by atoms with Gasteiger partial charge in [0.25, 0.3) is 5.91 Å². The van der Waals surface area contributed by atoms with E-state index in [2.05, 4.69) is 27.7 Å². The van der Waals surface area contributed by atoms with E-state index in [1.807, 2.05) is 37.4 Å². The van der Waals surface area contributed by atoms with Gasteiger partial charge in [0.15, 0.2) is 0 Å². The van der Waals surface area contributed by atoms with Gasteiger partial charge in [0.05, 0.1) is 4.88 Å². The second-order valence-corrected chi connectivity index (χ2v) is 8.20. The fourth-order valence-corrected chi connectivity index (χ4v) is 3.91. The summed E-state index contributed by atoms with van der Waals surface area (Å²) in [5, 5.41) is 7.64. The fourth-order valence-electron chi connectivity index (χ4n) is 3.28. The van der Waals surface area contributed by atoms with Crippen molar-refractivity contribution in [2.24, 2.45) is 5.92 Å². The van der Waals surface area contributed by atoms with Crippen molar-refractivity contribution in [2.45, 2.75) is 39.2 Å². The summed E-state index contributed by atoms with van der Waals surface area (Å²) in [5.74, 6) is -0.415. The maximum Gasteiger partial charge on any atom is 0.262 e. The first kappa shape index (κ1) is 19.4. The predicted octanol–water partition coefficient (Wildman–Crippen LogP) is 4.13. The molecule has 1 aliphatic rings. The Balaban J connectivity index is 1.62. The zero-order valence-corrected chi connectivity index (χ0v) is 16.7. The summed E-state index contributed by atoms with van der Waals surface area (Å²) in [7, 11) is 0. The third-order valence-electron chi connectivity index (χ3n) is 4.84. The molecule has 1 fully saturated rings.